The van der Waals surface area contributed by atoms with Crippen LogP contribution >= 0.6 is 0 Å². The van der Waals surface area contributed by atoms with Crippen LogP contribution in [0.5, 0.6) is 0 Å². The molecule has 2 N–H and O–H groups in total. The first-order valence-electron chi connectivity index (χ1n) is 8.54. The van der Waals surface area contributed by atoms with Crippen LogP contribution in [0, 0.1) is 12.8 Å². The molecule has 1 aliphatic carbocycles. The lowest BCUT2D eigenvalue weighted by Gasteiger charge is -2.16. The topological polar surface area (TPSA) is 61.4 Å². The summed E-state index contributed by atoms with van der Waals surface area (Å²) in [6.07, 6.45) is 4.74. The molecule has 1 aromatic rings. The van der Waals surface area contributed by atoms with Crippen LogP contribution < -0.4 is 10.6 Å². The van der Waals surface area contributed by atoms with Gasteiger partial charge < -0.3 is 15.5 Å². The molecule has 2 fully saturated rings. The Kier molecular flexibility index (Phi) is 4.96. The number of rotatable bonds is 6. The van der Waals surface area contributed by atoms with Crippen LogP contribution in [-0.2, 0) is 4.79 Å². The summed E-state index contributed by atoms with van der Waals surface area (Å²) < 4.78 is 0. The van der Waals surface area contributed by atoms with Gasteiger partial charge in [-0.15, -0.1) is 0 Å². The molecule has 1 heterocycles. The number of amides is 2. The minimum absolute atomic E-state index is 0.0348. The van der Waals surface area contributed by atoms with Crippen molar-refractivity contribution in [2.45, 2.75) is 32.6 Å². The fourth-order valence-electron chi connectivity index (χ4n) is 2.95. The quantitative estimate of drug-likeness (QED) is 0.846. The molecule has 1 aromatic carbocycles. The van der Waals surface area contributed by atoms with E-state index in [1.165, 1.54) is 12.8 Å². The molecule has 2 amide bonds. The predicted octanol–water partition coefficient (Wildman–Crippen LogP) is 2.17. The zero-order chi connectivity index (χ0) is 16.2. The Morgan fingerprint density at radius 2 is 1.96 bits per heavy atom. The normalized spacial score (nSPS) is 17.3. The molecule has 1 aliphatic heterocycles. The van der Waals surface area contributed by atoms with Gasteiger partial charge in [0.15, 0.2) is 0 Å². The van der Waals surface area contributed by atoms with Gasteiger partial charge in [-0.3, -0.25) is 9.59 Å². The van der Waals surface area contributed by atoms with E-state index in [0.717, 1.165) is 49.6 Å². The largest absolute Gasteiger partial charge is 0.339 e. The summed E-state index contributed by atoms with van der Waals surface area (Å²) in [4.78, 5) is 26.2. The van der Waals surface area contributed by atoms with Crippen molar-refractivity contribution >= 4 is 17.5 Å². The molecule has 0 aromatic heterocycles. The Balaban J connectivity index is 1.55. The van der Waals surface area contributed by atoms with Crippen LogP contribution in [-0.4, -0.2) is 42.9 Å². The highest BCUT2D eigenvalue weighted by atomic mass is 16.2. The van der Waals surface area contributed by atoms with Gasteiger partial charge in [0, 0.05) is 24.3 Å². The van der Waals surface area contributed by atoms with Crippen LogP contribution in [0.3, 0.4) is 0 Å². The molecule has 5 heteroatoms. The first kappa shape index (κ1) is 16.0. The van der Waals surface area contributed by atoms with Gasteiger partial charge in [0.05, 0.1) is 6.54 Å². The number of nitrogens with one attached hydrogen (secondary N) is 2. The van der Waals surface area contributed by atoms with Gasteiger partial charge in [-0.1, -0.05) is 0 Å². The first-order valence-corrected chi connectivity index (χ1v) is 8.54. The molecular weight excluding hydrogens is 290 g/mol. The SMILES string of the molecule is Cc1cc(C(=O)N2CCCC2)ccc1NC(=O)CNCC1CC1. The number of nitrogens with zero attached hydrogens (tertiary/aromatic N) is 1. The van der Waals surface area contributed by atoms with Crippen molar-refractivity contribution in [1.82, 2.24) is 10.2 Å². The molecule has 0 spiro atoms. The smallest absolute Gasteiger partial charge is 0.253 e. The van der Waals surface area contributed by atoms with E-state index < -0.39 is 0 Å². The Bertz CT molecular complexity index is 590. The number of likely N-dealkylation sites (tertiary alicyclic amines) is 1. The molecule has 1 saturated heterocycles. The van der Waals surface area contributed by atoms with E-state index in [2.05, 4.69) is 10.6 Å². The summed E-state index contributed by atoms with van der Waals surface area (Å²) in [5.74, 6) is 0.822. The van der Waals surface area contributed by atoms with Crippen molar-refractivity contribution in [3.63, 3.8) is 0 Å². The Hall–Kier alpha value is -1.88. The molecule has 0 bridgehead atoms. The lowest BCUT2D eigenvalue weighted by atomic mass is 10.1. The van der Waals surface area contributed by atoms with Gasteiger partial charge in [0.1, 0.15) is 0 Å². The third-order valence-electron chi connectivity index (χ3n) is 4.56. The minimum Gasteiger partial charge on any atom is -0.339 e. The molecule has 0 unspecified atom stereocenters. The maximum atomic E-state index is 12.4. The molecule has 124 valence electrons. The third-order valence-corrected chi connectivity index (χ3v) is 4.56. The second-order valence-electron chi connectivity index (χ2n) is 6.65. The summed E-state index contributed by atoms with van der Waals surface area (Å²) >= 11 is 0. The lowest BCUT2D eigenvalue weighted by Crippen LogP contribution is -2.30. The molecule has 1 saturated carbocycles. The maximum Gasteiger partial charge on any atom is 0.253 e. The molecule has 2 aliphatic rings. The van der Waals surface area contributed by atoms with E-state index in [-0.39, 0.29) is 11.8 Å². The zero-order valence-corrected chi connectivity index (χ0v) is 13.7. The van der Waals surface area contributed by atoms with E-state index in [1.807, 2.05) is 24.0 Å². The highest BCUT2D eigenvalue weighted by Gasteiger charge is 2.21. The van der Waals surface area contributed by atoms with E-state index in [4.69, 9.17) is 0 Å². The summed E-state index contributed by atoms with van der Waals surface area (Å²) in [7, 11) is 0. The van der Waals surface area contributed by atoms with E-state index >= 15 is 0 Å². The maximum absolute atomic E-state index is 12.4. The fraction of sp³-hybridized carbons (Fsp3) is 0.556. The van der Waals surface area contributed by atoms with Crippen molar-refractivity contribution in [1.29, 1.82) is 0 Å². The Labute approximate surface area is 137 Å². The highest BCUT2D eigenvalue weighted by molar-refractivity contribution is 5.97. The molecular formula is C18H25N3O2. The summed E-state index contributed by atoms with van der Waals surface area (Å²) in [5, 5.41) is 6.09. The van der Waals surface area contributed by atoms with Gasteiger partial charge in [0.25, 0.3) is 5.91 Å². The number of aryl methyl sites for hydroxylation is 1. The van der Waals surface area contributed by atoms with Crippen LogP contribution in [0.2, 0.25) is 0 Å². The standard InChI is InChI=1S/C18H25N3O2/c1-13-10-15(18(23)21-8-2-3-9-21)6-7-16(13)20-17(22)12-19-11-14-4-5-14/h6-7,10,14,19H,2-5,8-9,11-12H2,1H3,(H,20,22). The monoisotopic (exact) mass is 315 g/mol. The van der Waals surface area contributed by atoms with Crippen LogP contribution in [0.4, 0.5) is 5.69 Å². The fourth-order valence-corrected chi connectivity index (χ4v) is 2.95. The van der Waals surface area contributed by atoms with Crippen molar-refractivity contribution < 1.29 is 9.59 Å². The van der Waals surface area contributed by atoms with Crippen molar-refractivity contribution in [3.05, 3.63) is 29.3 Å². The number of carbonyl (C=O) groups is 2. The summed E-state index contributed by atoms with van der Waals surface area (Å²) in [5.41, 5.74) is 2.40. The van der Waals surface area contributed by atoms with Crippen LogP contribution in [0.1, 0.15) is 41.6 Å². The zero-order valence-electron chi connectivity index (χ0n) is 13.7. The van der Waals surface area contributed by atoms with Gasteiger partial charge in [0.2, 0.25) is 5.91 Å². The predicted molar refractivity (Wildman–Crippen MR) is 90.5 cm³/mol. The van der Waals surface area contributed by atoms with E-state index in [1.54, 1.807) is 6.07 Å². The van der Waals surface area contributed by atoms with Crippen molar-refractivity contribution in [2.24, 2.45) is 5.92 Å². The minimum atomic E-state index is -0.0348. The average molecular weight is 315 g/mol. The number of benzene rings is 1. The Morgan fingerprint density at radius 3 is 2.61 bits per heavy atom. The second-order valence-corrected chi connectivity index (χ2v) is 6.65. The molecule has 0 atom stereocenters. The summed E-state index contributed by atoms with van der Waals surface area (Å²) in [6, 6.07) is 5.51. The van der Waals surface area contributed by atoms with Crippen LogP contribution in [0.15, 0.2) is 18.2 Å². The van der Waals surface area contributed by atoms with Crippen LogP contribution in [0.25, 0.3) is 0 Å². The number of hydrogen-bond acceptors (Lipinski definition) is 3. The molecule has 5 nitrogen and oxygen atoms in total. The molecule has 3 rings (SSSR count). The van der Waals surface area contributed by atoms with Gasteiger partial charge in [-0.05, 0) is 68.8 Å². The van der Waals surface area contributed by atoms with Crippen molar-refractivity contribution in [3.8, 4) is 0 Å². The summed E-state index contributed by atoms with van der Waals surface area (Å²) in [6.45, 7) is 4.89. The first-order chi connectivity index (χ1) is 11.1. The Morgan fingerprint density at radius 1 is 1.22 bits per heavy atom. The highest BCUT2D eigenvalue weighted by Crippen LogP contribution is 2.27. The third kappa shape index (κ3) is 4.32. The lowest BCUT2D eigenvalue weighted by molar-refractivity contribution is -0.115. The molecule has 23 heavy (non-hydrogen) atoms. The average Bonchev–Trinajstić information content (AvgIpc) is 3.19. The van der Waals surface area contributed by atoms with E-state index in [9.17, 15) is 9.59 Å². The molecule has 0 radical (unpaired) electrons. The number of hydrogen-bond donors (Lipinski definition) is 2. The van der Waals surface area contributed by atoms with E-state index in [0.29, 0.717) is 12.1 Å². The van der Waals surface area contributed by atoms with Gasteiger partial charge >= 0.3 is 0 Å². The van der Waals surface area contributed by atoms with Gasteiger partial charge in [-0.25, -0.2) is 0 Å². The number of carbonyl (C=O) groups excluding carboxylic acids is 2. The van der Waals surface area contributed by atoms with Gasteiger partial charge in [-0.2, -0.15) is 0 Å². The van der Waals surface area contributed by atoms with Crippen molar-refractivity contribution in [2.75, 3.05) is 31.5 Å². The number of anilines is 1. The second kappa shape index (κ2) is 7.13.